The SMILES string of the molecule is C[C@]12CCC(=O)C=C1CC[C@@H]1[C@H]2CC[C@]2(C)C(OC(=O)c3cccc(Cl)c3)CC[C@@H]12. The fraction of sp³-hybridized carbons (Fsp3) is 0.615. The molecule has 0 aromatic heterocycles. The highest BCUT2D eigenvalue weighted by Gasteiger charge is 2.60. The first-order valence-corrected chi connectivity index (χ1v) is 11.9. The summed E-state index contributed by atoms with van der Waals surface area (Å²) < 4.78 is 6.10. The van der Waals surface area contributed by atoms with E-state index in [0.29, 0.717) is 40.5 Å². The van der Waals surface area contributed by atoms with Crippen molar-refractivity contribution in [3.8, 4) is 0 Å². The lowest BCUT2D eigenvalue weighted by Gasteiger charge is -2.57. The second kappa shape index (κ2) is 7.22. The molecule has 1 aromatic rings. The molecule has 160 valence electrons. The Morgan fingerprint density at radius 1 is 1.07 bits per heavy atom. The highest BCUT2D eigenvalue weighted by molar-refractivity contribution is 6.30. The zero-order valence-corrected chi connectivity index (χ0v) is 18.7. The largest absolute Gasteiger partial charge is 0.458 e. The van der Waals surface area contributed by atoms with Crippen molar-refractivity contribution in [2.45, 2.75) is 71.3 Å². The number of hydrogen-bond acceptors (Lipinski definition) is 3. The van der Waals surface area contributed by atoms with E-state index in [-0.39, 0.29) is 22.9 Å². The van der Waals surface area contributed by atoms with Gasteiger partial charge in [-0.3, -0.25) is 4.79 Å². The third kappa shape index (κ3) is 3.07. The van der Waals surface area contributed by atoms with E-state index in [4.69, 9.17) is 16.3 Å². The van der Waals surface area contributed by atoms with Gasteiger partial charge in [0.05, 0.1) is 5.56 Å². The van der Waals surface area contributed by atoms with Crippen LogP contribution in [0.2, 0.25) is 5.02 Å². The fourth-order valence-corrected chi connectivity index (χ4v) is 7.71. The number of fused-ring (bicyclic) bond motifs is 5. The summed E-state index contributed by atoms with van der Waals surface area (Å²) in [6, 6.07) is 7.04. The van der Waals surface area contributed by atoms with Gasteiger partial charge < -0.3 is 4.74 Å². The van der Waals surface area contributed by atoms with Gasteiger partial charge in [0.25, 0.3) is 0 Å². The van der Waals surface area contributed by atoms with Crippen molar-refractivity contribution in [2.75, 3.05) is 0 Å². The van der Waals surface area contributed by atoms with E-state index in [1.807, 2.05) is 6.08 Å². The van der Waals surface area contributed by atoms with Gasteiger partial charge in [0.15, 0.2) is 5.78 Å². The predicted molar refractivity (Wildman–Crippen MR) is 117 cm³/mol. The molecule has 3 saturated carbocycles. The van der Waals surface area contributed by atoms with Crippen LogP contribution in [0, 0.1) is 28.6 Å². The summed E-state index contributed by atoms with van der Waals surface area (Å²) in [5.41, 5.74) is 2.19. The normalized spacial score (nSPS) is 40.1. The van der Waals surface area contributed by atoms with E-state index in [1.165, 1.54) is 18.4 Å². The highest BCUT2D eigenvalue weighted by Crippen LogP contribution is 2.65. The number of ketones is 1. The van der Waals surface area contributed by atoms with Gasteiger partial charge in [-0.25, -0.2) is 4.79 Å². The molecule has 0 N–H and O–H groups in total. The molecule has 5 rings (SSSR count). The van der Waals surface area contributed by atoms with E-state index in [2.05, 4.69) is 13.8 Å². The van der Waals surface area contributed by atoms with Gasteiger partial charge >= 0.3 is 5.97 Å². The number of rotatable bonds is 2. The smallest absolute Gasteiger partial charge is 0.338 e. The summed E-state index contributed by atoms with van der Waals surface area (Å²) in [6.45, 7) is 4.77. The van der Waals surface area contributed by atoms with Gasteiger partial charge in [0, 0.05) is 16.9 Å². The lowest BCUT2D eigenvalue weighted by Crippen LogP contribution is -2.51. The maximum atomic E-state index is 12.8. The van der Waals surface area contributed by atoms with Crippen molar-refractivity contribution < 1.29 is 14.3 Å². The Balaban J connectivity index is 1.36. The first-order valence-electron chi connectivity index (χ1n) is 11.5. The van der Waals surface area contributed by atoms with Gasteiger partial charge in [0.1, 0.15) is 6.10 Å². The highest BCUT2D eigenvalue weighted by atomic mass is 35.5. The number of esters is 1. The monoisotopic (exact) mass is 426 g/mol. The molecule has 6 atom stereocenters. The van der Waals surface area contributed by atoms with Crippen molar-refractivity contribution in [3.05, 3.63) is 46.5 Å². The summed E-state index contributed by atoms with van der Waals surface area (Å²) in [7, 11) is 0. The molecular formula is C26H31ClO3. The van der Waals surface area contributed by atoms with Crippen LogP contribution in [0.3, 0.4) is 0 Å². The number of ether oxygens (including phenoxy) is 1. The van der Waals surface area contributed by atoms with E-state index >= 15 is 0 Å². The Bertz CT molecular complexity index is 921. The molecular weight excluding hydrogens is 396 g/mol. The minimum atomic E-state index is -0.252. The van der Waals surface area contributed by atoms with Gasteiger partial charge in [-0.2, -0.15) is 0 Å². The number of halogens is 1. The third-order valence-corrected chi connectivity index (χ3v) is 9.42. The van der Waals surface area contributed by atoms with Crippen LogP contribution < -0.4 is 0 Å². The average Bonchev–Trinajstić information content (AvgIpc) is 3.05. The third-order valence-electron chi connectivity index (χ3n) is 9.18. The van der Waals surface area contributed by atoms with E-state index in [0.717, 1.165) is 32.1 Å². The second-order valence-electron chi connectivity index (χ2n) is 10.5. The fourth-order valence-electron chi connectivity index (χ4n) is 7.52. The average molecular weight is 427 g/mol. The number of allylic oxidation sites excluding steroid dienone is 1. The molecule has 3 nitrogen and oxygen atoms in total. The maximum absolute atomic E-state index is 12.8. The lowest BCUT2D eigenvalue weighted by atomic mass is 9.47. The zero-order chi connectivity index (χ0) is 21.1. The van der Waals surface area contributed by atoms with Gasteiger partial charge in [-0.15, -0.1) is 0 Å². The first kappa shape index (κ1) is 20.3. The molecule has 0 radical (unpaired) electrons. The van der Waals surface area contributed by atoms with Crippen LogP contribution in [0.1, 0.15) is 75.6 Å². The van der Waals surface area contributed by atoms with Crippen LogP contribution >= 0.6 is 11.6 Å². The predicted octanol–water partition coefficient (Wildman–Crippen LogP) is 6.40. The van der Waals surface area contributed by atoms with Gasteiger partial charge in [-0.1, -0.05) is 37.1 Å². The molecule has 4 aliphatic rings. The minimum absolute atomic E-state index is 0.0207. The van der Waals surface area contributed by atoms with Crippen LogP contribution in [0.5, 0.6) is 0 Å². The molecule has 4 heteroatoms. The topological polar surface area (TPSA) is 43.4 Å². The van der Waals surface area contributed by atoms with Gasteiger partial charge in [0.2, 0.25) is 0 Å². The van der Waals surface area contributed by atoms with Crippen molar-refractivity contribution >= 4 is 23.4 Å². The second-order valence-corrected chi connectivity index (χ2v) is 10.9. The summed E-state index contributed by atoms with van der Waals surface area (Å²) in [5.74, 6) is 2.00. The molecule has 4 aliphatic carbocycles. The van der Waals surface area contributed by atoms with E-state index in [9.17, 15) is 9.59 Å². The molecule has 3 fully saturated rings. The van der Waals surface area contributed by atoms with Crippen molar-refractivity contribution in [3.63, 3.8) is 0 Å². The lowest BCUT2D eigenvalue weighted by molar-refractivity contribution is -0.118. The standard InChI is InChI=1S/C26H31ClO3/c1-25-12-10-19(28)15-17(25)6-7-20-21-8-9-23(26(21,2)13-11-22(20)25)30-24(29)16-4-3-5-18(27)14-16/h3-5,14-15,20-23H,6-13H2,1-2H3/t20-,21-,22+,23?,25-,26-/m0/s1. The Hall–Kier alpha value is -1.61. The molecule has 0 heterocycles. The number of carbonyl (C=O) groups excluding carboxylic acids is 2. The summed E-state index contributed by atoms with van der Waals surface area (Å²) in [6.07, 6.45) is 10.3. The number of hydrogen-bond donors (Lipinski definition) is 0. The Kier molecular flexibility index (Phi) is 4.89. The van der Waals surface area contributed by atoms with Crippen LogP contribution in [-0.4, -0.2) is 17.9 Å². The summed E-state index contributed by atoms with van der Waals surface area (Å²) in [4.78, 5) is 24.8. The molecule has 0 aliphatic heterocycles. The Morgan fingerprint density at radius 2 is 1.90 bits per heavy atom. The first-order chi connectivity index (χ1) is 14.3. The van der Waals surface area contributed by atoms with Crippen molar-refractivity contribution in [2.24, 2.45) is 28.6 Å². The van der Waals surface area contributed by atoms with Gasteiger partial charge in [-0.05, 0) is 92.4 Å². The van der Waals surface area contributed by atoms with E-state index in [1.54, 1.807) is 24.3 Å². The van der Waals surface area contributed by atoms with Crippen LogP contribution in [-0.2, 0) is 9.53 Å². The van der Waals surface area contributed by atoms with Crippen LogP contribution in [0.15, 0.2) is 35.9 Å². The molecule has 0 spiro atoms. The van der Waals surface area contributed by atoms with Crippen LogP contribution in [0.25, 0.3) is 0 Å². The molecule has 0 amide bonds. The number of benzene rings is 1. The zero-order valence-electron chi connectivity index (χ0n) is 18.0. The summed E-state index contributed by atoms with van der Waals surface area (Å²) in [5, 5.41) is 0.561. The van der Waals surface area contributed by atoms with Crippen molar-refractivity contribution in [1.29, 1.82) is 0 Å². The van der Waals surface area contributed by atoms with Crippen molar-refractivity contribution in [1.82, 2.24) is 0 Å². The quantitative estimate of drug-likeness (QED) is 0.514. The van der Waals surface area contributed by atoms with Crippen LogP contribution in [0.4, 0.5) is 0 Å². The Labute approximate surface area is 184 Å². The number of carbonyl (C=O) groups is 2. The minimum Gasteiger partial charge on any atom is -0.458 e. The summed E-state index contributed by atoms with van der Waals surface area (Å²) >= 11 is 6.06. The molecule has 1 aromatic carbocycles. The maximum Gasteiger partial charge on any atom is 0.338 e. The molecule has 0 saturated heterocycles. The Morgan fingerprint density at radius 3 is 2.70 bits per heavy atom. The van der Waals surface area contributed by atoms with E-state index < -0.39 is 0 Å². The molecule has 1 unspecified atom stereocenters. The molecule has 0 bridgehead atoms. The molecule has 30 heavy (non-hydrogen) atoms.